The standard InChI is InChI=1S/C27H34N4O4S/c1-16-10-23(35-30-16)25(27(3,4)5)26(34)31-14-20(32)11-21(31)22(33)12-29-17(2)18-6-8-19(9-7-18)24-13-28-15-36-24/h6-10,13,15,17,20-21,25,29,32H,11-12,14H2,1-5H3/t17-,20+,21-,25+/m0/s1. The van der Waals surface area contributed by atoms with Gasteiger partial charge in [0, 0.05) is 31.3 Å². The third kappa shape index (κ3) is 5.74. The fourth-order valence-corrected chi connectivity index (χ4v) is 5.38. The molecule has 2 N–H and O–H groups in total. The molecule has 1 amide bonds. The van der Waals surface area contributed by atoms with Crippen LogP contribution >= 0.6 is 11.3 Å². The summed E-state index contributed by atoms with van der Waals surface area (Å²) in [7, 11) is 0. The van der Waals surface area contributed by atoms with Crippen LogP contribution < -0.4 is 5.32 Å². The Labute approximate surface area is 215 Å². The quantitative estimate of drug-likeness (QED) is 0.469. The zero-order chi connectivity index (χ0) is 26.0. The molecule has 0 radical (unpaired) electrons. The van der Waals surface area contributed by atoms with Gasteiger partial charge in [0.2, 0.25) is 5.91 Å². The van der Waals surface area contributed by atoms with E-state index in [1.165, 1.54) is 4.90 Å². The summed E-state index contributed by atoms with van der Waals surface area (Å²) in [5.41, 5.74) is 4.21. The first-order valence-corrected chi connectivity index (χ1v) is 13.1. The molecule has 3 aromatic rings. The van der Waals surface area contributed by atoms with Crippen LogP contribution in [-0.2, 0) is 9.59 Å². The Bertz CT molecular complexity index is 1180. The van der Waals surface area contributed by atoms with Gasteiger partial charge in [0.1, 0.15) is 11.7 Å². The fraction of sp³-hybridized carbons (Fsp3) is 0.481. The van der Waals surface area contributed by atoms with Crippen LogP contribution in [0.2, 0.25) is 0 Å². The number of aliphatic hydroxyl groups is 1. The van der Waals surface area contributed by atoms with Gasteiger partial charge < -0.3 is 19.8 Å². The van der Waals surface area contributed by atoms with E-state index in [2.05, 4.69) is 27.6 Å². The van der Waals surface area contributed by atoms with Crippen LogP contribution in [-0.4, -0.2) is 57.1 Å². The number of Topliss-reactive ketones (excluding diaryl/α,β-unsaturated/α-hetero) is 1. The number of rotatable bonds is 8. The van der Waals surface area contributed by atoms with Crippen LogP contribution in [0.1, 0.15) is 63.1 Å². The SMILES string of the molecule is Cc1cc([C@H](C(=O)N2C[C@H](O)C[C@H]2C(=O)CN[C@@H](C)c2ccc(-c3cncs3)cc2)C(C)(C)C)on1. The molecule has 1 saturated heterocycles. The van der Waals surface area contributed by atoms with E-state index in [1.807, 2.05) is 58.5 Å². The molecule has 2 aromatic heterocycles. The lowest BCUT2D eigenvalue weighted by Gasteiger charge is -2.33. The maximum atomic E-state index is 13.7. The molecule has 1 aromatic carbocycles. The highest BCUT2D eigenvalue weighted by molar-refractivity contribution is 7.13. The van der Waals surface area contributed by atoms with Crippen LogP contribution in [0.25, 0.3) is 10.4 Å². The maximum Gasteiger partial charge on any atom is 0.234 e. The van der Waals surface area contributed by atoms with Gasteiger partial charge in [0.15, 0.2) is 5.78 Å². The van der Waals surface area contributed by atoms with Gasteiger partial charge in [-0.1, -0.05) is 50.2 Å². The minimum atomic E-state index is -0.739. The number of β-amino-alcohol motifs (C(OH)–C–C–N with tert-alkyl or cyclic N) is 1. The summed E-state index contributed by atoms with van der Waals surface area (Å²) in [4.78, 5) is 33.7. The second kappa shape index (κ2) is 10.6. The average molecular weight is 511 g/mol. The topological polar surface area (TPSA) is 109 Å². The Morgan fingerprint density at radius 1 is 1.28 bits per heavy atom. The number of aliphatic hydroxyl groups excluding tert-OH is 1. The molecule has 192 valence electrons. The number of likely N-dealkylation sites (tertiary alicyclic amines) is 1. The van der Waals surface area contributed by atoms with E-state index in [0.29, 0.717) is 11.5 Å². The Morgan fingerprint density at radius 3 is 2.58 bits per heavy atom. The lowest BCUT2D eigenvalue weighted by molar-refractivity contribution is -0.141. The molecule has 0 unspecified atom stereocenters. The highest BCUT2D eigenvalue weighted by Gasteiger charge is 2.45. The van der Waals surface area contributed by atoms with Crippen LogP contribution in [0.4, 0.5) is 0 Å². The number of ketones is 1. The summed E-state index contributed by atoms with van der Waals surface area (Å²) < 4.78 is 5.46. The summed E-state index contributed by atoms with van der Waals surface area (Å²) in [5.74, 6) is -0.468. The summed E-state index contributed by atoms with van der Waals surface area (Å²) >= 11 is 1.59. The molecule has 1 aliphatic rings. The summed E-state index contributed by atoms with van der Waals surface area (Å²) in [6, 6.07) is 9.21. The molecule has 0 bridgehead atoms. The Balaban J connectivity index is 1.43. The number of nitrogens with zero attached hydrogens (tertiary/aromatic N) is 3. The molecule has 9 heteroatoms. The van der Waals surface area contributed by atoms with Gasteiger partial charge in [-0.25, -0.2) is 0 Å². The molecular weight excluding hydrogens is 476 g/mol. The van der Waals surface area contributed by atoms with Crippen molar-refractivity contribution in [2.75, 3.05) is 13.1 Å². The van der Waals surface area contributed by atoms with Crippen molar-refractivity contribution in [3.05, 3.63) is 59.1 Å². The van der Waals surface area contributed by atoms with E-state index in [0.717, 1.165) is 16.0 Å². The van der Waals surface area contributed by atoms with E-state index in [9.17, 15) is 14.7 Å². The van der Waals surface area contributed by atoms with Gasteiger partial charge in [0.25, 0.3) is 0 Å². The monoisotopic (exact) mass is 510 g/mol. The molecule has 1 fully saturated rings. The van der Waals surface area contributed by atoms with Crippen LogP contribution in [0.15, 0.2) is 46.6 Å². The number of amides is 1. The summed E-state index contributed by atoms with van der Waals surface area (Å²) in [6.07, 6.45) is 1.34. The summed E-state index contributed by atoms with van der Waals surface area (Å²) in [6.45, 7) is 9.91. The molecule has 3 heterocycles. The van der Waals surface area contributed by atoms with E-state index in [4.69, 9.17) is 4.52 Å². The van der Waals surface area contributed by atoms with E-state index in [-0.39, 0.29) is 37.2 Å². The number of aromatic nitrogens is 2. The first-order valence-electron chi connectivity index (χ1n) is 12.2. The second-order valence-electron chi connectivity index (χ2n) is 10.6. The van der Waals surface area contributed by atoms with Crippen molar-refractivity contribution in [1.82, 2.24) is 20.4 Å². The molecule has 1 aliphatic heterocycles. The first-order chi connectivity index (χ1) is 17.0. The lowest BCUT2D eigenvalue weighted by atomic mass is 9.78. The number of carbonyl (C=O) groups excluding carboxylic acids is 2. The highest BCUT2D eigenvalue weighted by Crippen LogP contribution is 2.38. The zero-order valence-electron chi connectivity index (χ0n) is 21.4. The van der Waals surface area contributed by atoms with Crippen molar-refractivity contribution in [2.24, 2.45) is 5.41 Å². The molecule has 36 heavy (non-hydrogen) atoms. The smallest absolute Gasteiger partial charge is 0.234 e. The van der Waals surface area contributed by atoms with Gasteiger partial charge in [0.05, 0.1) is 34.8 Å². The number of aryl methyl sites for hydroxylation is 1. The molecular formula is C27H34N4O4S. The highest BCUT2D eigenvalue weighted by atomic mass is 32.1. The van der Waals surface area contributed by atoms with Crippen molar-refractivity contribution in [3.8, 4) is 10.4 Å². The van der Waals surface area contributed by atoms with Crippen molar-refractivity contribution in [3.63, 3.8) is 0 Å². The predicted molar refractivity (Wildman–Crippen MR) is 139 cm³/mol. The lowest BCUT2D eigenvalue weighted by Crippen LogP contribution is -2.47. The van der Waals surface area contributed by atoms with Crippen molar-refractivity contribution in [2.45, 2.75) is 65.1 Å². The van der Waals surface area contributed by atoms with Crippen LogP contribution in [0.3, 0.4) is 0 Å². The second-order valence-corrected chi connectivity index (χ2v) is 11.5. The zero-order valence-corrected chi connectivity index (χ0v) is 22.2. The normalized spacial score (nSPS) is 19.9. The first kappa shape index (κ1) is 26.2. The third-order valence-electron chi connectivity index (χ3n) is 6.69. The maximum absolute atomic E-state index is 13.7. The largest absolute Gasteiger partial charge is 0.391 e. The van der Waals surface area contributed by atoms with Gasteiger partial charge >= 0.3 is 0 Å². The number of thiazole rings is 1. The number of hydrogen-bond donors (Lipinski definition) is 2. The third-order valence-corrected chi connectivity index (χ3v) is 7.51. The van der Waals surface area contributed by atoms with Crippen molar-refractivity contribution >= 4 is 23.0 Å². The minimum Gasteiger partial charge on any atom is -0.391 e. The Kier molecular flexibility index (Phi) is 7.73. The number of benzene rings is 1. The molecule has 4 rings (SSSR count). The molecule has 0 saturated carbocycles. The van der Waals surface area contributed by atoms with Crippen molar-refractivity contribution in [1.29, 1.82) is 0 Å². The fourth-order valence-electron chi connectivity index (χ4n) is 4.75. The minimum absolute atomic E-state index is 0.0561. The van der Waals surface area contributed by atoms with Crippen LogP contribution in [0, 0.1) is 12.3 Å². The molecule has 0 aliphatic carbocycles. The van der Waals surface area contributed by atoms with Gasteiger partial charge in [-0.05, 0) is 30.4 Å². The van der Waals surface area contributed by atoms with E-state index in [1.54, 1.807) is 17.4 Å². The van der Waals surface area contributed by atoms with Crippen molar-refractivity contribution < 1.29 is 19.2 Å². The van der Waals surface area contributed by atoms with Gasteiger partial charge in [-0.2, -0.15) is 0 Å². The molecule has 8 nitrogen and oxygen atoms in total. The summed E-state index contributed by atoms with van der Waals surface area (Å²) in [5, 5.41) is 17.6. The number of hydrogen-bond acceptors (Lipinski definition) is 8. The average Bonchev–Trinajstić information content (AvgIpc) is 3.58. The van der Waals surface area contributed by atoms with Gasteiger partial charge in [-0.15, -0.1) is 11.3 Å². The van der Waals surface area contributed by atoms with Gasteiger partial charge in [-0.3, -0.25) is 14.6 Å². The Morgan fingerprint density at radius 2 is 2.00 bits per heavy atom. The number of carbonyl (C=O) groups is 2. The van der Waals surface area contributed by atoms with E-state index >= 15 is 0 Å². The van der Waals surface area contributed by atoms with E-state index < -0.39 is 23.5 Å². The predicted octanol–water partition coefficient (Wildman–Crippen LogP) is 4.12. The van der Waals surface area contributed by atoms with Crippen LogP contribution in [0.5, 0.6) is 0 Å². The molecule has 0 spiro atoms. The number of nitrogens with one attached hydrogen (secondary N) is 1. The molecule has 4 atom stereocenters. The Hall–Kier alpha value is -2.88.